The zero-order valence-electron chi connectivity index (χ0n) is 19.4. The number of rotatable bonds is 6. The second-order valence-corrected chi connectivity index (χ2v) is 9.45. The van der Waals surface area contributed by atoms with Gasteiger partial charge in [-0.2, -0.15) is 0 Å². The molecule has 34 heavy (non-hydrogen) atoms. The van der Waals surface area contributed by atoms with Crippen molar-refractivity contribution in [3.05, 3.63) is 42.7 Å². The van der Waals surface area contributed by atoms with Crippen LogP contribution in [-0.2, 0) is 17.8 Å². The first kappa shape index (κ1) is 22.3. The van der Waals surface area contributed by atoms with E-state index in [0.29, 0.717) is 29.3 Å². The summed E-state index contributed by atoms with van der Waals surface area (Å²) in [6.07, 6.45) is 5.37. The number of carbonyl (C=O) groups excluding carboxylic acids is 1. The van der Waals surface area contributed by atoms with Gasteiger partial charge in [-0.3, -0.25) is 4.79 Å². The van der Waals surface area contributed by atoms with Gasteiger partial charge in [-0.15, -0.1) is 0 Å². The molecule has 10 heteroatoms. The molecule has 1 saturated carbocycles. The first-order valence-electron chi connectivity index (χ1n) is 11.8. The highest BCUT2D eigenvalue weighted by atomic mass is 16.3. The minimum Gasteiger partial charge on any atom is -0.389 e. The maximum atomic E-state index is 13.1. The average molecular weight is 463 g/mol. The van der Waals surface area contributed by atoms with E-state index in [1.165, 1.54) is 6.33 Å². The van der Waals surface area contributed by atoms with Gasteiger partial charge < -0.3 is 25.3 Å². The van der Waals surface area contributed by atoms with E-state index in [-0.39, 0.29) is 24.5 Å². The maximum Gasteiger partial charge on any atom is 0.240 e. The van der Waals surface area contributed by atoms with Crippen molar-refractivity contribution in [1.29, 1.82) is 0 Å². The average Bonchev–Trinajstić information content (AvgIpc) is 3.38. The van der Waals surface area contributed by atoms with Gasteiger partial charge in [-0.25, -0.2) is 19.9 Å². The molecule has 0 radical (unpaired) electrons. The molecule has 1 aromatic carbocycles. The van der Waals surface area contributed by atoms with Crippen molar-refractivity contribution in [2.45, 2.75) is 64.3 Å². The second kappa shape index (κ2) is 9.02. The lowest BCUT2D eigenvalue weighted by Gasteiger charge is -2.36. The zero-order valence-corrected chi connectivity index (χ0v) is 19.4. The van der Waals surface area contributed by atoms with Gasteiger partial charge in [0, 0.05) is 6.42 Å². The molecule has 0 bridgehead atoms. The van der Waals surface area contributed by atoms with Crippen molar-refractivity contribution in [1.82, 2.24) is 34.4 Å². The van der Waals surface area contributed by atoms with E-state index in [4.69, 9.17) is 10.7 Å². The van der Waals surface area contributed by atoms with Crippen LogP contribution in [0, 0.1) is 5.92 Å². The molecule has 3 heterocycles. The predicted octanol–water partition coefficient (Wildman–Crippen LogP) is 2.23. The number of hydrogen-bond acceptors (Lipinski definition) is 7. The lowest BCUT2D eigenvalue weighted by atomic mass is 9.88. The Bertz CT molecular complexity index is 1330. The third-order valence-electron chi connectivity index (χ3n) is 6.54. The number of nitrogens with zero attached hydrogens (tertiary/aromatic N) is 6. The van der Waals surface area contributed by atoms with Crippen LogP contribution in [0.15, 0.2) is 36.9 Å². The molecule has 10 nitrogen and oxygen atoms in total. The SMILES string of the molecule is CC(C)Cc1nc2ccccc2n1CC(=O)N[C@H]1CCC[C@H](n2cnc3c(N)ncnc32)[C@H]1O. The van der Waals surface area contributed by atoms with Crippen LogP contribution in [0.1, 0.15) is 45.0 Å². The Hall–Kier alpha value is -3.53. The Balaban J connectivity index is 1.35. The summed E-state index contributed by atoms with van der Waals surface area (Å²) in [7, 11) is 0. The summed E-state index contributed by atoms with van der Waals surface area (Å²) in [6, 6.07) is 7.24. The third kappa shape index (κ3) is 4.09. The quantitative estimate of drug-likeness (QED) is 0.400. The summed E-state index contributed by atoms with van der Waals surface area (Å²) in [6.45, 7) is 4.44. The smallest absolute Gasteiger partial charge is 0.240 e. The van der Waals surface area contributed by atoms with Gasteiger partial charge in [-0.1, -0.05) is 26.0 Å². The van der Waals surface area contributed by atoms with Gasteiger partial charge in [0.1, 0.15) is 24.2 Å². The van der Waals surface area contributed by atoms with Crippen LogP contribution in [-0.4, -0.2) is 52.2 Å². The lowest BCUT2D eigenvalue weighted by molar-refractivity contribution is -0.124. The van der Waals surface area contributed by atoms with E-state index in [0.717, 1.165) is 36.1 Å². The first-order chi connectivity index (χ1) is 16.4. The Labute approximate surface area is 197 Å². The topological polar surface area (TPSA) is 137 Å². The number of nitrogens with one attached hydrogen (secondary N) is 1. The van der Waals surface area contributed by atoms with E-state index in [1.54, 1.807) is 6.33 Å². The molecule has 1 fully saturated rings. The fourth-order valence-corrected chi connectivity index (χ4v) is 4.95. The van der Waals surface area contributed by atoms with Crippen molar-refractivity contribution >= 4 is 33.9 Å². The molecule has 1 aliphatic carbocycles. The number of nitrogens with two attached hydrogens (primary N) is 1. The highest BCUT2D eigenvalue weighted by Gasteiger charge is 2.35. The van der Waals surface area contributed by atoms with E-state index in [9.17, 15) is 9.90 Å². The van der Waals surface area contributed by atoms with Crippen LogP contribution in [0.3, 0.4) is 0 Å². The molecule has 0 aliphatic heterocycles. The van der Waals surface area contributed by atoms with Crippen molar-refractivity contribution in [2.24, 2.45) is 5.92 Å². The second-order valence-electron chi connectivity index (χ2n) is 9.45. The minimum absolute atomic E-state index is 0.139. The van der Waals surface area contributed by atoms with Gasteiger partial charge >= 0.3 is 0 Å². The van der Waals surface area contributed by atoms with Crippen LogP contribution in [0.2, 0.25) is 0 Å². The fourth-order valence-electron chi connectivity index (χ4n) is 4.95. The molecule has 0 spiro atoms. The molecule has 4 aromatic rings. The number of aliphatic hydroxyl groups excluding tert-OH is 1. The first-order valence-corrected chi connectivity index (χ1v) is 11.8. The molecule has 0 unspecified atom stereocenters. The molecular weight excluding hydrogens is 432 g/mol. The van der Waals surface area contributed by atoms with Crippen molar-refractivity contribution in [3.8, 4) is 0 Å². The minimum atomic E-state index is -0.777. The number of aromatic nitrogens is 6. The van der Waals surface area contributed by atoms with Crippen LogP contribution in [0.5, 0.6) is 0 Å². The van der Waals surface area contributed by atoms with E-state index < -0.39 is 6.10 Å². The predicted molar refractivity (Wildman–Crippen MR) is 129 cm³/mol. The standard InChI is InChI=1S/C24H30N8O2/c1-14(2)10-19-29-15-6-3-4-8-17(15)31(19)11-20(33)30-16-7-5-9-18(22(16)34)32-13-28-21-23(25)26-12-27-24(21)32/h3-4,6,8,12-14,16,18,22,34H,5,7,9-11H2,1-2H3,(H,30,33)(H2,25,26,27)/t16-,18-,22-/m0/s1. The van der Waals surface area contributed by atoms with Gasteiger partial charge in [-0.05, 0) is 37.3 Å². The molecule has 178 valence electrons. The van der Waals surface area contributed by atoms with Crippen molar-refractivity contribution in [3.63, 3.8) is 0 Å². The van der Waals surface area contributed by atoms with Crippen molar-refractivity contribution in [2.75, 3.05) is 5.73 Å². The Kier molecular flexibility index (Phi) is 5.91. The summed E-state index contributed by atoms with van der Waals surface area (Å²) >= 11 is 0. The normalized spacial score (nSPS) is 20.9. The number of hydrogen-bond donors (Lipinski definition) is 3. The number of fused-ring (bicyclic) bond motifs is 2. The Morgan fingerprint density at radius 3 is 2.88 bits per heavy atom. The van der Waals surface area contributed by atoms with E-state index in [1.807, 2.05) is 33.4 Å². The summed E-state index contributed by atoms with van der Waals surface area (Å²) < 4.78 is 3.83. The van der Waals surface area contributed by atoms with Gasteiger partial charge in [0.2, 0.25) is 5.91 Å². The third-order valence-corrected chi connectivity index (χ3v) is 6.54. The summed E-state index contributed by atoms with van der Waals surface area (Å²) in [5.41, 5.74) is 8.86. The summed E-state index contributed by atoms with van der Waals surface area (Å²) in [4.78, 5) is 30.5. The maximum absolute atomic E-state index is 13.1. The summed E-state index contributed by atoms with van der Waals surface area (Å²) in [5.74, 6) is 1.49. The largest absolute Gasteiger partial charge is 0.389 e. The monoisotopic (exact) mass is 462 g/mol. The number of anilines is 1. The van der Waals surface area contributed by atoms with Gasteiger partial charge in [0.25, 0.3) is 0 Å². The number of para-hydroxylation sites is 2. The van der Waals surface area contributed by atoms with Crippen LogP contribution in [0.4, 0.5) is 5.82 Å². The molecular formula is C24H30N8O2. The number of aliphatic hydroxyl groups is 1. The number of nitrogen functional groups attached to an aromatic ring is 1. The fraction of sp³-hybridized carbons (Fsp3) is 0.458. The number of imidazole rings is 2. The summed E-state index contributed by atoms with van der Waals surface area (Å²) in [5, 5.41) is 14.3. The number of benzene rings is 1. The van der Waals surface area contributed by atoms with Crippen LogP contribution in [0.25, 0.3) is 22.2 Å². The molecule has 1 amide bonds. The number of carbonyl (C=O) groups is 1. The Morgan fingerprint density at radius 1 is 1.24 bits per heavy atom. The molecule has 1 aliphatic rings. The van der Waals surface area contributed by atoms with Crippen LogP contribution < -0.4 is 11.1 Å². The van der Waals surface area contributed by atoms with E-state index >= 15 is 0 Å². The van der Waals surface area contributed by atoms with Crippen molar-refractivity contribution < 1.29 is 9.90 Å². The molecule has 4 N–H and O–H groups in total. The molecule has 3 aromatic heterocycles. The van der Waals surface area contributed by atoms with Gasteiger partial charge in [0.15, 0.2) is 11.5 Å². The van der Waals surface area contributed by atoms with Crippen LogP contribution >= 0.6 is 0 Å². The molecule has 0 saturated heterocycles. The molecule has 5 rings (SSSR count). The Morgan fingerprint density at radius 2 is 2.06 bits per heavy atom. The molecule has 3 atom stereocenters. The van der Waals surface area contributed by atoms with E-state index in [2.05, 4.69) is 34.1 Å². The highest BCUT2D eigenvalue weighted by Crippen LogP contribution is 2.32. The lowest BCUT2D eigenvalue weighted by Crippen LogP contribution is -2.50. The highest BCUT2D eigenvalue weighted by molar-refractivity contribution is 5.82. The van der Waals surface area contributed by atoms with Gasteiger partial charge in [0.05, 0.1) is 35.5 Å². The number of amides is 1. The zero-order chi connectivity index (χ0) is 23.8.